The SMILES string of the molecule is CCc1nc(NN)c(C)c(NC(C)c2ccccc2F)n1. The lowest BCUT2D eigenvalue weighted by Crippen LogP contribution is -2.16. The van der Waals surface area contributed by atoms with Crippen LogP contribution in [0, 0.1) is 12.7 Å². The molecule has 0 saturated heterocycles. The van der Waals surface area contributed by atoms with Gasteiger partial charge < -0.3 is 10.7 Å². The van der Waals surface area contributed by atoms with E-state index in [2.05, 4.69) is 20.7 Å². The first kappa shape index (κ1) is 15.2. The first-order chi connectivity index (χ1) is 10.1. The molecule has 0 saturated carbocycles. The number of benzene rings is 1. The Morgan fingerprint density at radius 3 is 2.52 bits per heavy atom. The third-order valence-electron chi connectivity index (χ3n) is 3.37. The number of aromatic nitrogens is 2. The molecule has 0 bridgehead atoms. The second kappa shape index (κ2) is 6.49. The van der Waals surface area contributed by atoms with Crippen molar-refractivity contribution >= 4 is 11.6 Å². The molecule has 0 aliphatic carbocycles. The lowest BCUT2D eigenvalue weighted by molar-refractivity contribution is 0.600. The molecule has 0 aliphatic rings. The molecular weight excluding hydrogens is 269 g/mol. The van der Waals surface area contributed by atoms with Crippen LogP contribution in [0.1, 0.15) is 36.8 Å². The van der Waals surface area contributed by atoms with Gasteiger partial charge in [0.15, 0.2) is 0 Å². The number of nitrogens with zero attached hydrogens (tertiary/aromatic N) is 2. The van der Waals surface area contributed by atoms with Gasteiger partial charge >= 0.3 is 0 Å². The molecule has 112 valence electrons. The number of hydrogen-bond donors (Lipinski definition) is 3. The van der Waals surface area contributed by atoms with Crippen LogP contribution >= 0.6 is 0 Å². The Balaban J connectivity index is 2.33. The fraction of sp³-hybridized carbons (Fsp3) is 0.333. The van der Waals surface area contributed by atoms with E-state index >= 15 is 0 Å². The number of anilines is 2. The van der Waals surface area contributed by atoms with Crippen molar-refractivity contribution in [1.29, 1.82) is 0 Å². The van der Waals surface area contributed by atoms with Gasteiger partial charge in [-0.15, -0.1) is 0 Å². The molecule has 6 heteroatoms. The van der Waals surface area contributed by atoms with E-state index in [0.29, 0.717) is 29.4 Å². The number of aryl methyl sites for hydroxylation is 1. The molecule has 2 rings (SSSR count). The first-order valence-corrected chi connectivity index (χ1v) is 6.91. The second-order valence-electron chi connectivity index (χ2n) is 4.85. The van der Waals surface area contributed by atoms with Crippen molar-refractivity contribution < 1.29 is 4.39 Å². The zero-order valence-electron chi connectivity index (χ0n) is 12.4. The lowest BCUT2D eigenvalue weighted by atomic mass is 10.1. The number of rotatable bonds is 5. The summed E-state index contributed by atoms with van der Waals surface area (Å²) in [5, 5.41) is 3.23. The van der Waals surface area contributed by atoms with Crippen LogP contribution in [0.4, 0.5) is 16.0 Å². The molecule has 0 radical (unpaired) electrons. The molecule has 1 aromatic carbocycles. The Morgan fingerprint density at radius 1 is 1.24 bits per heavy atom. The summed E-state index contributed by atoms with van der Waals surface area (Å²) in [5.41, 5.74) is 3.97. The number of hydrogen-bond acceptors (Lipinski definition) is 5. The molecule has 0 aliphatic heterocycles. The minimum absolute atomic E-state index is 0.213. The third-order valence-corrected chi connectivity index (χ3v) is 3.37. The largest absolute Gasteiger partial charge is 0.363 e. The van der Waals surface area contributed by atoms with Gasteiger partial charge in [0.1, 0.15) is 23.3 Å². The predicted molar refractivity (Wildman–Crippen MR) is 82.4 cm³/mol. The zero-order chi connectivity index (χ0) is 15.4. The van der Waals surface area contributed by atoms with Crippen molar-refractivity contribution in [2.75, 3.05) is 10.7 Å². The highest BCUT2D eigenvalue weighted by atomic mass is 19.1. The number of hydrazine groups is 1. The van der Waals surface area contributed by atoms with Crippen molar-refractivity contribution in [1.82, 2.24) is 9.97 Å². The van der Waals surface area contributed by atoms with E-state index < -0.39 is 0 Å². The minimum Gasteiger partial charge on any atom is -0.363 e. The van der Waals surface area contributed by atoms with Crippen LogP contribution in [0.25, 0.3) is 0 Å². The summed E-state index contributed by atoms with van der Waals surface area (Å²) < 4.78 is 13.8. The molecule has 0 spiro atoms. The van der Waals surface area contributed by atoms with Crippen LogP contribution in [0.2, 0.25) is 0 Å². The van der Waals surface area contributed by atoms with Crippen LogP contribution < -0.4 is 16.6 Å². The van der Waals surface area contributed by atoms with Crippen molar-refractivity contribution in [3.8, 4) is 0 Å². The maximum Gasteiger partial charge on any atom is 0.148 e. The lowest BCUT2D eigenvalue weighted by Gasteiger charge is -2.19. The van der Waals surface area contributed by atoms with E-state index in [9.17, 15) is 4.39 Å². The van der Waals surface area contributed by atoms with Gasteiger partial charge in [-0.3, -0.25) is 0 Å². The van der Waals surface area contributed by atoms with Gasteiger partial charge in [0.05, 0.1) is 6.04 Å². The maximum atomic E-state index is 13.8. The van der Waals surface area contributed by atoms with E-state index in [-0.39, 0.29) is 11.9 Å². The predicted octanol–water partition coefficient (Wildman–Crippen LogP) is 2.95. The van der Waals surface area contributed by atoms with Gasteiger partial charge in [0.2, 0.25) is 0 Å². The van der Waals surface area contributed by atoms with Crippen LogP contribution in [-0.4, -0.2) is 9.97 Å². The van der Waals surface area contributed by atoms with Crippen molar-refractivity contribution in [3.63, 3.8) is 0 Å². The molecule has 1 atom stereocenters. The highest BCUT2D eigenvalue weighted by Crippen LogP contribution is 2.25. The number of halogens is 1. The van der Waals surface area contributed by atoms with E-state index in [1.165, 1.54) is 6.07 Å². The third kappa shape index (κ3) is 3.28. The van der Waals surface area contributed by atoms with Crippen molar-refractivity contribution in [2.24, 2.45) is 5.84 Å². The van der Waals surface area contributed by atoms with Crippen molar-refractivity contribution in [2.45, 2.75) is 33.2 Å². The van der Waals surface area contributed by atoms with Crippen molar-refractivity contribution in [3.05, 3.63) is 47.0 Å². The van der Waals surface area contributed by atoms with Gasteiger partial charge in [-0.1, -0.05) is 25.1 Å². The smallest absolute Gasteiger partial charge is 0.148 e. The Labute approximate surface area is 123 Å². The summed E-state index contributed by atoms with van der Waals surface area (Å²) in [6.07, 6.45) is 0.692. The molecule has 5 nitrogen and oxygen atoms in total. The molecule has 1 heterocycles. The summed E-state index contributed by atoms with van der Waals surface area (Å²) >= 11 is 0. The van der Waals surface area contributed by atoms with E-state index in [1.807, 2.05) is 26.8 Å². The first-order valence-electron chi connectivity index (χ1n) is 6.91. The molecule has 4 N–H and O–H groups in total. The minimum atomic E-state index is -0.239. The summed E-state index contributed by atoms with van der Waals surface area (Å²) in [6.45, 7) is 5.72. The maximum absolute atomic E-state index is 13.8. The highest BCUT2D eigenvalue weighted by Gasteiger charge is 2.15. The van der Waals surface area contributed by atoms with Crippen LogP contribution in [0.3, 0.4) is 0 Å². The van der Waals surface area contributed by atoms with Crippen LogP contribution in [0.15, 0.2) is 24.3 Å². The quantitative estimate of drug-likeness (QED) is 0.583. The average molecular weight is 289 g/mol. The van der Waals surface area contributed by atoms with Crippen LogP contribution in [-0.2, 0) is 6.42 Å². The summed E-state index contributed by atoms with van der Waals surface area (Å²) in [5.74, 6) is 7.15. The van der Waals surface area contributed by atoms with Gasteiger partial charge in [0, 0.05) is 17.5 Å². The van der Waals surface area contributed by atoms with E-state index in [0.717, 1.165) is 5.56 Å². The standard InChI is InChI=1S/C15H20FN5/c1-4-13-19-14(9(2)15(20-13)21-17)18-10(3)11-7-5-6-8-12(11)16/h5-8,10H,4,17H2,1-3H3,(H2,18,19,20,21). The second-order valence-corrected chi connectivity index (χ2v) is 4.85. The molecule has 0 fully saturated rings. The number of nitrogens with one attached hydrogen (secondary N) is 2. The normalized spacial score (nSPS) is 12.0. The Bertz CT molecular complexity index is 629. The molecule has 1 aromatic heterocycles. The van der Waals surface area contributed by atoms with E-state index in [4.69, 9.17) is 5.84 Å². The Hall–Kier alpha value is -2.21. The number of nitrogens with two attached hydrogens (primary N) is 1. The Kier molecular flexibility index (Phi) is 4.70. The van der Waals surface area contributed by atoms with Gasteiger partial charge in [0.25, 0.3) is 0 Å². The van der Waals surface area contributed by atoms with Crippen LogP contribution in [0.5, 0.6) is 0 Å². The van der Waals surface area contributed by atoms with Gasteiger partial charge in [-0.2, -0.15) is 0 Å². The zero-order valence-corrected chi connectivity index (χ0v) is 12.4. The molecule has 21 heavy (non-hydrogen) atoms. The fourth-order valence-electron chi connectivity index (χ4n) is 2.11. The Morgan fingerprint density at radius 2 is 1.90 bits per heavy atom. The fourth-order valence-corrected chi connectivity index (χ4v) is 2.11. The molecular formula is C15H20FN5. The molecule has 1 unspecified atom stereocenters. The van der Waals surface area contributed by atoms with E-state index in [1.54, 1.807) is 12.1 Å². The highest BCUT2D eigenvalue weighted by molar-refractivity contribution is 5.57. The van der Waals surface area contributed by atoms with Gasteiger partial charge in [-0.25, -0.2) is 20.2 Å². The van der Waals surface area contributed by atoms with Gasteiger partial charge in [-0.05, 0) is 19.9 Å². The topological polar surface area (TPSA) is 75.9 Å². The summed E-state index contributed by atoms with van der Waals surface area (Å²) in [6, 6.07) is 6.48. The molecule has 2 aromatic rings. The summed E-state index contributed by atoms with van der Waals surface area (Å²) in [7, 11) is 0. The summed E-state index contributed by atoms with van der Waals surface area (Å²) in [4.78, 5) is 8.76. The number of nitrogen functional groups attached to an aromatic ring is 1. The average Bonchev–Trinajstić information content (AvgIpc) is 2.49. The monoisotopic (exact) mass is 289 g/mol. The molecule has 0 amide bonds.